The minimum Gasteiger partial charge on any atom is -0.371 e. The van der Waals surface area contributed by atoms with Gasteiger partial charge in [0.05, 0.1) is 22.1 Å². The van der Waals surface area contributed by atoms with Gasteiger partial charge < -0.3 is 9.09 Å². The molecular formula is C20H14N4O2. The maximum atomic E-state index is 12.6. The Bertz CT molecular complexity index is 1310. The zero-order valence-electron chi connectivity index (χ0n) is 14.0. The van der Waals surface area contributed by atoms with Crippen molar-refractivity contribution in [2.45, 2.75) is 0 Å². The standard InChI is InChI=1S/C20H14N4O2/c1-23-17-12-13(24-20(25)14-6-2-3-8-18(14)26-24)9-10-15(17)22-19(23)16-7-4-5-11-21-16/h2-12H,1H3. The zero-order chi connectivity index (χ0) is 17.7. The summed E-state index contributed by atoms with van der Waals surface area (Å²) in [5.41, 5.74) is 3.59. The number of hydrogen-bond acceptors (Lipinski definition) is 4. The van der Waals surface area contributed by atoms with Crippen molar-refractivity contribution < 1.29 is 4.52 Å². The Labute approximate surface area is 147 Å². The number of aryl methyl sites for hydroxylation is 1. The van der Waals surface area contributed by atoms with Gasteiger partial charge in [0.25, 0.3) is 5.56 Å². The molecule has 0 aliphatic heterocycles. The minimum atomic E-state index is -0.174. The first kappa shape index (κ1) is 14.7. The van der Waals surface area contributed by atoms with Crippen LogP contribution in [0.15, 0.2) is 76.2 Å². The van der Waals surface area contributed by atoms with E-state index in [2.05, 4.69) is 9.97 Å². The molecule has 0 saturated heterocycles. The van der Waals surface area contributed by atoms with Crippen LogP contribution >= 0.6 is 0 Å². The summed E-state index contributed by atoms with van der Waals surface area (Å²) in [6.07, 6.45) is 1.74. The van der Waals surface area contributed by atoms with E-state index in [0.29, 0.717) is 16.7 Å². The van der Waals surface area contributed by atoms with Crippen molar-refractivity contribution in [1.29, 1.82) is 0 Å². The van der Waals surface area contributed by atoms with Gasteiger partial charge in [0.2, 0.25) is 0 Å². The molecule has 6 nitrogen and oxygen atoms in total. The molecule has 0 aliphatic rings. The van der Waals surface area contributed by atoms with Gasteiger partial charge >= 0.3 is 0 Å². The van der Waals surface area contributed by atoms with E-state index < -0.39 is 0 Å². The Balaban J connectivity index is 1.72. The fourth-order valence-corrected chi connectivity index (χ4v) is 3.17. The van der Waals surface area contributed by atoms with E-state index in [0.717, 1.165) is 22.6 Å². The molecule has 0 bridgehead atoms. The predicted molar refractivity (Wildman–Crippen MR) is 99.3 cm³/mol. The minimum absolute atomic E-state index is 0.174. The van der Waals surface area contributed by atoms with Crippen LogP contribution in [0.25, 0.3) is 39.2 Å². The van der Waals surface area contributed by atoms with E-state index in [1.807, 2.05) is 60.1 Å². The van der Waals surface area contributed by atoms with Gasteiger partial charge in [0, 0.05) is 13.2 Å². The van der Waals surface area contributed by atoms with Crippen LogP contribution in [0.1, 0.15) is 0 Å². The lowest BCUT2D eigenvalue weighted by atomic mass is 10.2. The van der Waals surface area contributed by atoms with E-state index in [1.165, 1.54) is 4.74 Å². The number of fused-ring (bicyclic) bond motifs is 2. The topological polar surface area (TPSA) is 65.8 Å². The van der Waals surface area contributed by atoms with Crippen molar-refractivity contribution >= 4 is 22.0 Å². The Hall–Kier alpha value is -3.67. The van der Waals surface area contributed by atoms with Crippen LogP contribution < -0.4 is 5.56 Å². The second-order valence-electron chi connectivity index (χ2n) is 6.07. The van der Waals surface area contributed by atoms with Gasteiger partial charge in [-0.3, -0.25) is 9.78 Å². The summed E-state index contributed by atoms with van der Waals surface area (Å²) in [6, 6.07) is 18.6. The molecule has 0 radical (unpaired) electrons. The molecule has 6 heteroatoms. The Morgan fingerprint density at radius 1 is 1.00 bits per heavy atom. The molecule has 0 amide bonds. The Morgan fingerprint density at radius 3 is 2.65 bits per heavy atom. The van der Waals surface area contributed by atoms with Gasteiger partial charge in [-0.05, 0) is 42.5 Å². The van der Waals surface area contributed by atoms with E-state index in [9.17, 15) is 4.79 Å². The van der Waals surface area contributed by atoms with Crippen molar-refractivity contribution in [3.63, 3.8) is 0 Å². The van der Waals surface area contributed by atoms with Crippen LogP contribution in [0.4, 0.5) is 0 Å². The second-order valence-corrected chi connectivity index (χ2v) is 6.07. The molecule has 0 spiro atoms. The fourth-order valence-electron chi connectivity index (χ4n) is 3.17. The summed E-state index contributed by atoms with van der Waals surface area (Å²) in [5, 5.41) is 0.562. The first-order valence-electron chi connectivity index (χ1n) is 8.22. The Morgan fingerprint density at radius 2 is 1.85 bits per heavy atom. The molecule has 3 heterocycles. The molecule has 0 aliphatic carbocycles. The highest BCUT2D eigenvalue weighted by Crippen LogP contribution is 2.24. The second kappa shape index (κ2) is 5.42. The lowest BCUT2D eigenvalue weighted by molar-refractivity contribution is 0.368. The number of aromatic nitrogens is 4. The molecule has 126 valence electrons. The largest absolute Gasteiger partial charge is 0.371 e. The molecule has 2 aromatic carbocycles. The van der Waals surface area contributed by atoms with E-state index in [4.69, 9.17) is 4.52 Å². The predicted octanol–water partition coefficient (Wildman–Crippen LogP) is 3.53. The number of pyridine rings is 1. The van der Waals surface area contributed by atoms with Crippen LogP contribution in [0, 0.1) is 0 Å². The van der Waals surface area contributed by atoms with Crippen molar-refractivity contribution in [2.24, 2.45) is 7.05 Å². The van der Waals surface area contributed by atoms with Crippen LogP contribution in [0.3, 0.4) is 0 Å². The molecule has 0 atom stereocenters. The van der Waals surface area contributed by atoms with Crippen molar-refractivity contribution in [3.8, 4) is 17.2 Å². The third-order valence-corrected chi connectivity index (χ3v) is 4.48. The summed E-state index contributed by atoms with van der Waals surface area (Å²) in [6.45, 7) is 0. The zero-order valence-corrected chi connectivity index (χ0v) is 14.0. The molecule has 0 fully saturated rings. The molecule has 3 aromatic heterocycles. The highest BCUT2D eigenvalue weighted by Gasteiger charge is 2.14. The number of nitrogens with zero attached hydrogens (tertiary/aromatic N) is 4. The monoisotopic (exact) mass is 342 g/mol. The average molecular weight is 342 g/mol. The summed E-state index contributed by atoms with van der Waals surface area (Å²) < 4.78 is 9.01. The lowest BCUT2D eigenvalue weighted by Gasteiger charge is -2.03. The van der Waals surface area contributed by atoms with E-state index in [1.54, 1.807) is 18.3 Å². The van der Waals surface area contributed by atoms with E-state index >= 15 is 0 Å². The lowest BCUT2D eigenvalue weighted by Crippen LogP contribution is -2.11. The smallest absolute Gasteiger partial charge is 0.295 e. The first-order chi connectivity index (χ1) is 12.7. The van der Waals surface area contributed by atoms with Crippen molar-refractivity contribution in [3.05, 3.63) is 77.2 Å². The van der Waals surface area contributed by atoms with Crippen LogP contribution in [-0.4, -0.2) is 19.3 Å². The average Bonchev–Trinajstić information content (AvgIpc) is 3.20. The van der Waals surface area contributed by atoms with Gasteiger partial charge in [-0.15, -0.1) is 4.74 Å². The number of imidazole rings is 1. The van der Waals surface area contributed by atoms with Gasteiger partial charge in [0.15, 0.2) is 11.4 Å². The highest BCUT2D eigenvalue weighted by atomic mass is 16.5. The highest BCUT2D eigenvalue weighted by molar-refractivity contribution is 5.82. The molecule has 0 N–H and O–H groups in total. The number of benzene rings is 2. The SMILES string of the molecule is Cn1c(-c2ccccn2)nc2ccc(-n3oc4ccccc4c3=O)cc21. The van der Waals surface area contributed by atoms with Gasteiger partial charge in [-0.2, -0.15) is 0 Å². The summed E-state index contributed by atoms with van der Waals surface area (Å²) in [4.78, 5) is 21.6. The van der Waals surface area contributed by atoms with E-state index in [-0.39, 0.29) is 5.56 Å². The van der Waals surface area contributed by atoms with Crippen molar-refractivity contribution in [2.75, 3.05) is 0 Å². The number of para-hydroxylation sites is 1. The van der Waals surface area contributed by atoms with Crippen LogP contribution in [0.5, 0.6) is 0 Å². The van der Waals surface area contributed by atoms with Gasteiger partial charge in [-0.25, -0.2) is 4.98 Å². The Kier molecular flexibility index (Phi) is 3.05. The molecular weight excluding hydrogens is 328 g/mol. The molecule has 26 heavy (non-hydrogen) atoms. The van der Waals surface area contributed by atoms with Crippen LogP contribution in [0.2, 0.25) is 0 Å². The third kappa shape index (κ3) is 2.09. The fraction of sp³-hybridized carbons (Fsp3) is 0.0500. The molecule has 5 rings (SSSR count). The normalized spacial score (nSPS) is 11.4. The molecule has 0 saturated carbocycles. The quantitative estimate of drug-likeness (QED) is 0.492. The van der Waals surface area contributed by atoms with Crippen molar-refractivity contribution in [1.82, 2.24) is 19.3 Å². The molecule has 0 unspecified atom stereocenters. The van der Waals surface area contributed by atoms with Crippen LogP contribution in [-0.2, 0) is 7.05 Å². The maximum absolute atomic E-state index is 12.6. The van der Waals surface area contributed by atoms with Gasteiger partial charge in [0.1, 0.15) is 5.69 Å². The number of rotatable bonds is 2. The summed E-state index contributed by atoms with van der Waals surface area (Å²) in [7, 11) is 1.94. The third-order valence-electron chi connectivity index (χ3n) is 4.48. The first-order valence-corrected chi connectivity index (χ1v) is 8.22. The maximum Gasteiger partial charge on any atom is 0.295 e. The molecule has 5 aromatic rings. The summed E-state index contributed by atoms with van der Waals surface area (Å²) in [5.74, 6) is 0.773. The summed E-state index contributed by atoms with van der Waals surface area (Å²) >= 11 is 0. The number of hydrogen-bond donors (Lipinski definition) is 0. The van der Waals surface area contributed by atoms with Gasteiger partial charge in [-0.1, -0.05) is 18.2 Å².